The van der Waals surface area contributed by atoms with E-state index in [9.17, 15) is 35.9 Å². The van der Waals surface area contributed by atoms with Gasteiger partial charge in [0.25, 0.3) is 0 Å². The van der Waals surface area contributed by atoms with Crippen LogP contribution in [0.3, 0.4) is 0 Å². The van der Waals surface area contributed by atoms with Crippen molar-refractivity contribution in [3.05, 3.63) is 111 Å². The average Bonchev–Trinajstić information content (AvgIpc) is 3.38. The summed E-state index contributed by atoms with van der Waals surface area (Å²) in [5, 5.41) is 0. The number of piperidine rings is 1. The number of alkyl halides is 6. The summed E-state index contributed by atoms with van der Waals surface area (Å²) < 4.78 is 77.3. The van der Waals surface area contributed by atoms with Crippen LogP contribution in [0, 0.1) is 5.92 Å². The van der Waals surface area contributed by atoms with Crippen molar-refractivity contribution in [1.82, 2.24) is 9.80 Å². The molecule has 1 amide bonds. The first-order valence-electron chi connectivity index (χ1n) is 15.5. The number of carbonyl (C=O) groups is 2. The van der Waals surface area contributed by atoms with Crippen LogP contribution in [0.15, 0.2) is 72.3 Å². The van der Waals surface area contributed by atoms with Crippen LogP contribution in [0.2, 0.25) is 0 Å². The Balaban J connectivity index is 1.02. The highest BCUT2D eigenvalue weighted by Crippen LogP contribution is 2.39. The zero-order valence-corrected chi connectivity index (χ0v) is 25.2. The van der Waals surface area contributed by atoms with E-state index in [1.807, 2.05) is 18.2 Å². The lowest BCUT2D eigenvalue weighted by atomic mass is 9.88. The monoisotopic (exact) mass is 640 g/mol. The van der Waals surface area contributed by atoms with E-state index in [1.54, 1.807) is 4.90 Å². The van der Waals surface area contributed by atoms with Gasteiger partial charge in [0.05, 0.1) is 17.5 Å². The van der Waals surface area contributed by atoms with Crippen LogP contribution in [-0.2, 0) is 36.5 Å². The third kappa shape index (κ3) is 7.22. The normalized spacial score (nSPS) is 17.7. The quantitative estimate of drug-likeness (QED) is 0.194. The molecule has 0 N–H and O–H groups in total. The molecule has 1 saturated heterocycles. The number of nitrogens with zero attached hydrogens (tertiary/aromatic N) is 2. The maximum atomic E-state index is 13.4. The molecule has 2 aliphatic heterocycles. The van der Waals surface area contributed by atoms with Crippen molar-refractivity contribution < 1.29 is 35.9 Å². The number of fused-ring (bicyclic) bond motifs is 2. The Morgan fingerprint density at radius 3 is 1.98 bits per heavy atom. The molecule has 0 radical (unpaired) electrons. The molecule has 0 aromatic heterocycles. The van der Waals surface area contributed by atoms with Crippen LogP contribution >= 0.6 is 0 Å². The lowest BCUT2D eigenvalue weighted by molar-refractivity contribution is -0.138. The molecular weight excluding hydrogens is 606 g/mol. The highest BCUT2D eigenvalue weighted by atomic mass is 19.4. The summed E-state index contributed by atoms with van der Waals surface area (Å²) in [7, 11) is 0. The SMILES string of the molecule is O=C(CC1CCN(C(=O)Cc2ccc(C(F)(F)F)cc2)CC1)c1ccc2c(c1)C1=C(CCN(Cc3ccc(C(F)(F)F)cc3)C1)C2. The van der Waals surface area contributed by atoms with Gasteiger partial charge in [-0.2, -0.15) is 26.3 Å². The highest BCUT2D eigenvalue weighted by Gasteiger charge is 2.32. The first-order valence-corrected chi connectivity index (χ1v) is 15.5. The third-order valence-electron chi connectivity index (χ3n) is 9.46. The molecule has 3 aliphatic rings. The average molecular weight is 641 g/mol. The summed E-state index contributed by atoms with van der Waals surface area (Å²) in [6, 6.07) is 15.9. The fraction of sp³-hybridized carbons (Fsp3) is 0.389. The molecule has 0 unspecified atom stereocenters. The molecule has 0 saturated carbocycles. The number of carbonyl (C=O) groups excluding carboxylic acids is 2. The predicted molar refractivity (Wildman–Crippen MR) is 162 cm³/mol. The summed E-state index contributed by atoms with van der Waals surface area (Å²) in [5.74, 6) is 0.0652. The summed E-state index contributed by atoms with van der Waals surface area (Å²) in [5.41, 5.74) is 5.47. The number of benzene rings is 3. The first kappa shape index (κ1) is 32.0. The lowest BCUT2D eigenvalue weighted by Crippen LogP contribution is -2.39. The summed E-state index contributed by atoms with van der Waals surface area (Å²) in [6.07, 6.45) is -5.26. The molecule has 0 atom stereocenters. The van der Waals surface area contributed by atoms with Crippen LogP contribution < -0.4 is 0 Å². The standard InChI is InChI=1S/C36H34F6N2O2/c37-35(38,39)29-7-1-23(2-8-29)18-34(46)44-15-11-24(12-16-44)17-33(45)28-6-5-26-19-27-13-14-43(22-32(27)31(26)20-28)21-25-3-9-30(10-4-25)36(40,41)42/h1-10,20,24H,11-19,21-22H2. The number of rotatable bonds is 7. The van der Waals surface area contributed by atoms with Gasteiger partial charge in [-0.1, -0.05) is 42.0 Å². The molecule has 46 heavy (non-hydrogen) atoms. The lowest BCUT2D eigenvalue weighted by Gasteiger charge is -2.32. The van der Waals surface area contributed by atoms with Crippen LogP contribution in [0.25, 0.3) is 5.57 Å². The Hall–Kier alpha value is -3.92. The maximum Gasteiger partial charge on any atom is 0.416 e. The fourth-order valence-corrected chi connectivity index (χ4v) is 6.80. The molecule has 4 nitrogen and oxygen atoms in total. The van der Waals surface area contributed by atoms with Crippen molar-refractivity contribution in [2.45, 2.75) is 57.4 Å². The van der Waals surface area contributed by atoms with Gasteiger partial charge in [-0.15, -0.1) is 0 Å². The molecule has 10 heteroatoms. The molecule has 3 aromatic carbocycles. The van der Waals surface area contributed by atoms with Crippen LogP contribution in [0.1, 0.15) is 69.4 Å². The van der Waals surface area contributed by atoms with Gasteiger partial charge in [0, 0.05) is 44.7 Å². The van der Waals surface area contributed by atoms with Crippen molar-refractivity contribution >= 4 is 17.3 Å². The van der Waals surface area contributed by atoms with Crippen LogP contribution in [-0.4, -0.2) is 47.7 Å². The molecule has 0 bridgehead atoms. The van der Waals surface area contributed by atoms with E-state index in [-0.39, 0.29) is 24.0 Å². The zero-order valence-electron chi connectivity index (χ0n) is 25.2. The molecular formula is C36H34F6N2O2. The number of hydrogen-bond donors (Lipinski definition) is 0. The number of hydrogen-bond acceptors (Lipinski definition) is 3. The van der Waals surface area contributed by atoms with Crippen LogP contribution in [0.4, 0.5) is 26.3 Å². The van der Waals surface area contributed by atoms with E-state index in [0.29, 0.717) is 56.6 Å². The van der Waals surface area contributed by atoms with E-state index in [4.69, 9.17) is 0 Å². The Morgan fingerprint density at radius 1 is 0.761 bits per heavy atom. The van der Waals surface area contributed by atoms with E-state index >= 15 is 0 Å². The Labute approximate surface area is 263 Å². The van der Waals surface area contributed by atoms with E-state index in [1.165, 1.54) is 41.0 Å². The fourth-order valence-electron chi connectivity index (χ4n) is 6.80. The van der Waals surface area contributed by atoms with Gasteiger partial charge in [0.1, 0.15) is 0 Å². The van der Waals surface area contributed by atoms with Crippen LogP contribution in [0.5, 0.6) is 0 Å². The second-order valence-electron chi connectivity index (χ2n) is 12.6. The first-order chi connectivity index (χ1) is 21.8. The van der Waals surface area contributed by atoms with E-state index < -0.39 is 23.5 Å². The summed E-state index contributed by atoms with van der Waals surface area (Å²) in [6.45, 7) is 3.07. The number of likely N-dealkylation sites (tertiary alicyclic amines) is 1. The minimum absolute atomic E-state index is 0.0382. The highest BCUT2D eigenvalue weighted by molar-refractivity contribution is 5.97. The molecule has 1 fully saturated rings. The van der Waals surface area contributed by atoms with Crippen molar-refractivity contribution in [2.24, 2.45) is 5.92 Å². The molecule has 242 valence electrons. The van der Waals surface area contributed by atoms with Gasteiger partial charge in [0.15, 0.2) is 5.78 Å². The Bertz CT molecular complexity index is 1630. The van der Waals surface area contributed by atoms with Crippen molar-refractivity contribution in [3.8, 4) is 0 Å². The number of Topliss-reactive ketones (excluding diaryl/α,β-unsaturated/α-hetero) is 1. The number of amides is 1. The Kier molecular flexibility index (Phi) is 8.85. The minimum Gasteiger partial charge on any atom is -0.342 e. The van der Waals surface area contributed by atoms with Crippen molar-refractivity contribution in [2.75, 3.05) is 26.2 Å². The molecule has 2 heterocycles. The Morgan fingerprint density at radius 2 is 1.37 bits per heavy atom. The molecule has 6 rings (SSSR count). The summed E-state index contributed by atoms with van der Waals surface area (Å²) >= 11 is 0. The number of halogens is 6. The van der Waals surface area contributed by atoms with E-state index in [0.717, 1.165) is 54.8 Å². The zero-order chi connectivity index (χ0) is 32.6. The smallest absolute Gasteiger partial charge is 0.342 e. The van der Waals surface area contributed by atoms with Gasteiger partial charge in [-0.3, -0.25) is 14.5 Å². The minimum atomic E-state index is -4.42. The molecule has 3 aromatic rings. The molecule has 1 aliphatic carbocycles. The van der Waals surface area contributed by atoms with Gasteiger partial charge in [-0.25, -0.2) is 0 Å². The second-order valence-corrected chi connectivity index (χ2v) is 12.6. The van der Waals surface area contributed by atoms with Gasteiger partial charge in [0.2, 0.25) is 5.91 Å². The van der Waals surface area contributed by atoms with E-state index in [2.05, 4.69) is 4.90 Å². The molecule has 0 spiro atoms. The van der Waals surface area contributed by atoms with Gasteiger partial charge >= 0.3 is 12.4 Å². The van der Waals surface area contributed by atoms with Crippen molar-refractivity contribution in [3.63, 3.8) is 0 Å². The largest absolute Gasteiger partial charge is 0.416 e. The van der Waals surface area contributed by atoms with Gasteiger partial charge in [-0.05, 0) is 89.8 Å². The van der Waals surface area contributed by atoms with Crippen molar-refractivity contribution in [1.29, 1.82) is 0 Å². The summed E-state index contributed by atoms with van der Waals surface area (Å²) in [4.78, 5) is 30.1. The second kappa shape index (κ2) is 12.7. The number of ketones is 1. The maximum absolute atomic E-state index is 13.4. The predicted octanol–water partition coefficient (Wildman–Crippen LogP) is 7.99. The van der Waals surface area contributed by atoms with Gasteiger partial charge < -0.3 is 4.90 Å². The topological polar surface area (TPSA) is 40.6 Å². The third-order valence-corrected chi connectivity index (χ3v) is 9.46.